The van der Waals surface area contributed by atoms with E-state index >= 15 is 0 Å². The average Bonchev–Trinajstić information content (AvgIpc) is 3.18. The van der Waals surface area contributed by atoms with E-state index in [2.05, 4.69) is 15.1 Å². The van der Waals surface area contributed by atoms with E-state index in [0.717, 1.165) is 18.5 Å². The summed E-state index contributed by atoms with van der Waals surface area (Å²) in [4.78, 5) is 34.9. The number of nitrogens with zero attached hydrogens (tertiary/aromatic N) is 5. The van der Waals surface area contributed by atoms with E-state index in [1.54, 1.807) is 24.8 Å². The van der Waals surface area contributed by atoms with Crippen molar-refractivity contribution in [2.75, 3.05) is 6.54 Å². The number of carbonyl (C=O) groups is 1. The third-order valence-electron chi connectivity index (χ3n) is 4.47. The molecular weight excluding hydrogens is 322 g/mol. The topological polar surface area (TPSA) is 94.1 Å². The number of hydrogen-bond donors (Lipinski definition) is 0. The van der Waals surface area contributed by atoms with Crippen LogP contribution in [-0.2, 0) is 11.3 Å². The lowest BCUT2D eigenvalue weighted by Gasteiger charge is -2.22. The number of likely N-dealkylation sites (tertiary alicyclic amines) is 1. The lowest BCUT2D eigenvalue weighted by molar-refractivity contribution is -0.133. The number of carbonyl (C=O) groups excluding carboxylic acids is 1. The Bertz CT molecular complexity index is 839. The maximum atomic E-state index is 12.8. The summed E-state index contributed by atoms with van der Waals surface area (Å²) in [5, 5.41) is 3.99. The van der Waals surface area contributed by atoms with E-state index in [1.807, 2.05) is 13.8 Å². The fraction of sp³-hybridized carbons (Fsp3) is 0.588. The van der Waals surface area contributed by atoms with E-state index in [-0.39, 0.29) is 24.4 Å². The summed E-state index contributed by atoms with van der Waals surface area (Å²) in [5.74, 6) is 1.15. The molecule has 3 heterocycles. The molecule has 1 unspecified atom stereocenters. The molecule has 0 spiro atoms. The molecule has 8 nitrogen and oxygen atoms in total. The van der Waals surface area contributed by atoms with Gasteiger partial charge in [0.05, 0.1) is 0 Å². The van der Waals surface area contributed by atoms with Gasteiger partial charge in [0, 0.05) is 23.9 Å². The molecule has 0 radical (unpaired) electrons. The Balaban J connectivity index is 1.80. The van der Waals surface area contributed by atoms with Gasteiger partial charge in [-0.15, -0.1) is 0 Å². The third kappa shape index (κ3) is 3.47. The van der Waals surface area contributed by atoms with Crippen molar-refractivity contribution in [2.45, 2.75) is 59.0 Å². The molecule has 3 rings (SSSR count). The number of amides is 1. The SMILES string of the molecule is Cc1cc(C)n(CC(=O)N2CCCC2c2nc(C(C)C)no2)c(=O)n1. The fourth-order valence-corrected chi connectivity index (χ4v) is 3.13. The monoisotopic (exact) mass is 345 g/mol. The van der Waals surface area contributed by atoms with Gasteiger partial charge in [0.1, 0.15) is 12.6 Å². The van der Waals surface area contributed by atoms with Crippen LogP contribution in [0.5, 0.6) is 0 Å². The van der Waals surface area contributed by atoms with Crippen LogP contribution in [-0.4, -0.2) is 37.0 Å². The van der Waals surface area contributed by atoms with Crippen LogP contribution in [0.2, 0.25) is 0 Å². The molecule has 0 bridgehead atoms. The molecule has 8 heteroatoms. The second-order valence-electron chi connectivity index (χ2n) is 6.80. The molecule has 0 N–H and O–H groups in total. The summed E-state index contributed by atoms with van der Waals surface area (Å²) in [5.41, 5.74) is 0.972. The predicted octanol–water partition coefficient (Wildman–Crippen LogP) is 1.73. The summed E-state index contributed by atoms with van der Waals surface area (Å²) in [6, 6.07) is 1.57. The smallest absolute Gasteiger partial charge is 0.337 e. The zero-order chi connectivity index (χ0) is 18.1. The first kappa shape index (κ1) is 17.3. The van der Waals surface area contributed by atoms with Crippen LogP contribution in [0.25, 0.3) is 0 Å². The fourth-order valence-electron chi connectivity index (χ4n) is 3.13. The highest BCUT2D eigenvalue weighted by Crippen LogP contribution is 2.31. The van der Waals surface area contributed by atoms with Crippen LogP contribution >= 0.6 is 0 Å². The first-order valence-corrected chi connectivity index (χ1v) is 8.55. The molecule has 2 aromatic rings. The lowest BCUT2D eigenvalue weighted by atomic mass is 10.2. The molecule has 1 aliphatic rings. The van der Waals surface area contributed by atoms with E-state index in [4.69, 9.17) is 4.52 Å². The van der Waals surface area contributed by atoms with E-state index < -0.39 is 5.69 Å². The van der Waals surface area contributed by atoms with Gasteiger partial charge in [-0.3, -0.25) is 9.36 Å². The molecule has 0 saturated carbocycles. The van der Waals surface area contributed by atoms with Crippen LogP contribution in [0.4, 0.5) is 0 Å². The summed E-state index contributed by atoms with van der Waals surface area (Å²) < 4.78 is 6.77. The minimum absolute atomic E-state index is 0.0282. The van der Waals surface area contributed by atoms with Crippen LogP contribution < -0.4 is 5.69 Å². The van der Waals surface area contributed by atoms with Gasteiger partial charge in [-0.2, -0.15) is 9.97 Å². The largest absolute Gasteiger partial charge is 0.348 e. The number of rotatable bonds is 4. The quantitative estimate of drug-likeness (QED) is 0.837. The van der Waals surface area contributed by atoms with E-state index in [9.17, 15) is 9.59 Å². The standard InChI is InChI=1S/C17H23N5O3/c1-10(2)15-19-16(25-20-15)13-6-5-7-21(13)14(23)9-22-12(4)8-11(3)18-17(22)24/h8,10,13H,5-7,9H2,1-4H3. The van der Waals surface area contributed by atoms with Gasteiger partial charge < -0.3 is 9.42 Å². The minimum atomic E-state index is -0.401. The van der Waals surface area contributed by atoms with Gasteiger partial charge in [0.15, 0.2) is 5.82 Å². The predicted molar refractivity (Wildman–Crippen MR) is 90.0 cm³/mol. The summed E-state index contributed by atoms with van der Waals surface area (Å²) in [6.07, 6.45) is 1.65. The van der Waals surface area contributed by atoms with Gasteiger partial charge in [-0.05, 0) is 32.8 Å². The van der Waals surface area contributed by atoms with Crippen molar-refractivity contribution in [3.63, 3.8) is 0 Å². The Hall–Kier alpha value is -2.51. The van der Waals surface area contributed by atoms with Gasteiger partial charge in [-0.25, -0.2) is 4.79 Å². The molecule has 2 aromatic heterocycles. The maximum absolute atomic E-state index is 12.8. The Kier molecular flexibility index (Phi) is 4.69. The van der Waals surface area contributed by atoms with Gasteiger partial charge in [0.2, 0.25) is 11.8 Å². The van der Waals surface area contributed by atoms with Crippen LogP contribution in [0.3, 0.4) is 0 Å². The minimum Gasteiger partial charge on any atom is -0.337 e. The lowest BCUT2D eigenvalue weighted by Crippen LogP contribution is -2.37. The molecule has 1 fully saturated rings. The van der Waals surface area contributed by atoms with Crippen LogP contribution in [0, 0.1) is 13.8 Å². The maximum Gasteiger partial charge on any atom is 0.348 e. The molecule has 1 aliphatic heterocycles. The van der Waals surface area contributed by atoms with Crippen molar-refractivity contribution >= 4 is 5.91 Å². The Morgan fingerprint density at radius 1 is 1.36 bits per heavy atom. The van der Waals surface area contributed by atoms with Crippen LogP contribution in [0.15, 0.2) is 15.4 Å². The second-order valence-corrected chi connectivity index (χ2v) is 6.80. The van der Waals surface area contributed by atoms with Crippen molar-refractivity contribution in [1.29, 1.82) is 0 Å². The highest BCUT2D eigenvalue weighted by molar-refractivity contribution is 5.76. The molecule has 1 atom stereocenters. The molecular formula is C17H23N5O3. The normalized spacial score (nSPS) is 17.5. The first-order chi connectivity index (χ1) is 11.9. The zero-order valence-electron chi connectivity index (χ0n) is 15.0. The molecule has 0 aliphatic carbocycles. The van der Waals surface area contributed by atoms with Crippen molar-refractivity contribution in [1.82, 2.24) is 24.6 Å². The van der Waals surface area contributed by atoms with Crippen molar-refractivity contribution in [2.24, 2.45) is 0 Å². The van der Waals surface area contributed by atoms with Crippen molar-refractivity contribution in [3.8, 4) is 0 Å². The zero-order valence-corrected chi connectivity index (χ0v) is 15.0. The Labute approximate surface area is 145 Å². The molecule has 1 amide bonds. The number of aromatic nitrogens is 4. The molecule has 1 saturated heterocycles. The molecule has 25 heavy (non-hydrogen) atoms. The summed E-state index contributed by atoms with van der Waals surface area (Å²) in [7, 11) is 0. The second kappa shape index (κ2) is 6.78. The number of aryl methyl sites for hydroxylation is 2. The third-order valence-corrected chi connectivity index (χ3v) is 4.47. The Morgan fingerprint density at radius 3 is 2.76 bits per heavy atom. The van der Waals surface area contributed by atoms with E-state index in [1.165, 1.54) is 4.57 Å². The van der Waals surface area contributed by atoms with Crippen LogP contribution in [0.1, 0.15) is 61.8 Å². The van der Waals surface area contributed by atoms with Gasteiger partial charge in [-0.1, -0.05) is 19.0 Å². The molecule has 0 aromatic carbocycles. The Morgan fingerprint density at radius 2 is 2.12 bits per heavy atom. The summed E-state index contributed by atoms with van der Waals surface area (Å²) >= 11 is 0. The average molecular weight is 345 g/mol. The molecule has 134 valence electrons. The summed E-state index contributed by atoms with van der Waals surface area (Å²) in [6.45, 7) is 8.14. The van der Waals surface area contributed by atoms with Gasteiger partial charge in [0.25, 0.3) is 0 Å². The highest BCUT2D eigenvalue weighted by atomic mass is 16.5. The number of hydrogen-bond acceptors (Lipinski definition) is 6. The van der Waals surface area contributed by atoms with Gasteiger partial charge >= 0.3 is 5.69 Å². The first-order valence-electron chi connectivity index (χ1n) is 8.55. The van der Waals surface area contributed by atoms with Crippen molar-refractivity contribution in [3.05, 3.63) is 39.7 Å². The highest BCUT2D eigenvalue weighted by Gasteiger charge is 2.34. The van der Waals surface area contributed by atoms with E-state index in [0.29, 0.717) is 24.0 Å². The van der Waals surface area contributed by atoms with Crippen molar-refractivity contribution < 1.29 is 9.32 Å².